The van der Waals surface area contributed by atoms with Crippen LogP contribution in [0.3, 0.4) is 0 Å². The van der Waals surface area contributed by atoms with Gasteiger partial charge in [-0.15, -0.1) is 0 Å². The smallest absolute Gasteiger partial charge is 0.240 e. The van der Waals surface area contributed by atoms with Gasteiger partial charge in [-0.2, -0.15) is 0 Å². The highest BCUT2D eigenvalue weighted by Gasteiger charge is 2.41. The highest BCUT2D eigenvalue weighted by Crippen LogP contribution is 2.24. The fourth-order valence-corrected chi connectivity index (χ4v) is 2.09. The number of carbonyl (C=O) groups is 1. The third-order valence-corrected chi connectivity index (χ3v) is 2.62. The third-order valence-electron chi connectivity index (χ3n) is 2.62. The zero-order valence-corrected chi connectivity index (χ0v) is 10.1. The molecule has 0 atom stereocenters. The Kier molecular flexibility index (Phi) is 3.73. The second kappa shape index (κ2) is 4.49. The van der Waals surface area contributed by atoms with Crippen molar-refractivity contribution in [2.75, 3.05) is 20.3 Å². The van der Waals surface area contributed by atoms with Crippen LogP contribution < -0.4 is 10.6 Å². The van der Waals surface area contributed by atoms with Crippen molar-refractivity contribution in [1.29, 1.82) is 0 Å². The molecule has 0 unspecified atom stereocenters. The van der Waals surface area contributed by atoms with Crippen LogP contribution in [-0.2, 0) is 9.53 Å². The van der Waals surface area contributed by atoms with Crippen molar-refractivity contribution in [3.8, 4) is 0 Å². The summed E-state index contributed by atoms with van der Waals surface area (Å²) in [4.78, 5) is 11.9. The molecule has 1 rings (SSSR count). The summed E-state index contributed by atoms with van der Waals surface area (Å²) in [6.07, 6.45) is 1.48. The van der Waals surface area contributed by atoms with Crippen LogP contribution in [0.25, 0.3) is 0 Å². The van der Waals surface area contributed by atoms with Crippen molar-refractivity contribution >= 4 is 5.91 Å². The van der Waals surface area contributed by atoms with Gasteiger partial charge in [0.1, 0.15) is 5.54 Å². The average molecular weight is 214 g/mol. The Hall–Kier alpha value is -0.610. The van der Waals surface area contributed by atoms with E-state index >= 15 is 0 Å². The first-order valence-corrected chi connectivity index (χ1v) is 5.49. The van der Waals surface area contributed by atoms with Crippen LogP contribution in [0, 0.1) is 0 Å². The van der Waals surface area contributed by atoms with Crippen LogP contribution in [0.1, 0.15) is 33.6 Å². The Bertz CT molecular complexity index is 227. The Morgan fingerprint density at radius 3 is 2.20 bits per heavy atom. The van der Waals surface area contributed by atoms with Gasteiger partial charge in [-0.3, -0.25) is 10.1 Å². The molecule has 15 heavy (non-hydrogen) atoms. The molecule has 0 aromatic rings. The predicted molar refractivity (Wildman–Crippen MR) is 59.7 cm³/mol. The third kappa shape index (κ3) is 3.18. The molecule has 0 bridgehead atoms. The van der Waals surface area contributed by atoms with Gasteiger partial charge in [-0.05, 0) is 33.6 Å². The lowest BCUT2D eigenvalue weighted by atomic mass is 9.86. The predicted octanol–water partition coefficient (Wildman–Crippen LogP) is 0.670. The maximum absolute atomic E-state index is 11.9. The number of carbonyl (C=O) groups excluding carboxylic acids is 1. The van der Waals surface area contributed by atoms with Crippen LogP contribution in [0.15, 0.2) is 0 Å². The molecule has 4 heteroatoms. The Morgan fingerprint density at radius 2 is 1.80 bits per heavy atom. The van der Waals surface area contributed by atoms with Gasteiger partial charge in [0.2, 0.25) is 5.91 Å². The van der Waals surface area contributed by atoms with Crippen molar-refractivity contribution in [2.45, 2.75) is 44.7 Å². The average Bonchev–Trinajstić information content (AvgIpc) is 2.15. The minimum absolute atomic E-state index is 0.0656. The summed E-state index contributed by atoms with van der Waals surface area (Å²) in [7, 11) is 1.68. The van der Waals surface area contributed by atoms with Gasteiger partial charge >= 0.3 is 0 Å². The summed E-state index contributed by atoms with van der Waals surface area (Å²) < 4.78 is 5.31. The molecule has 0 aliphatic carbocycles. The number of amides is 1. The molecule has 1 aliphatic rings. The topological polar surface area (TPSA) is 50.4 Å². The van der Waals surface area contributed by atoms with Gasteiger partial charge in [-0.1, -0.05) is 0 Å². The molecule has 4 nitrogen and oxygen atoms in total. The van der Waals surface area contributed by atoms with E-state index in [0.717, 1.165) is 12.8 Å². The first-order valence-electron chi connectivity index (χ1n) is 5.49. The molecular formula is C11H22N2O2. The van der Waals surface area contributed by atoms with Crippen molar-refractivity contribution in [2.24, 2.45) is 0 Å². The largest absolute Gasteiger partial charge is 0.381 e. The molecule has 0 aromatic carbocycles. The number of hydrogen-bond donors (Lipinski definition) is 2. The van der Waals surface area contributed by atoms with Crippen LogP contribution >= 0.6 is 0 Å². The van der Waals surface area contributed by atoms with Crippen LogP contribution in [0.5, 0.6) is 0 Å². The van der Waals surface area contributed by atoms with E-state index in [9.17, 15) is 4.79 Å². The quantitative estimate of drug-likeness (QED) is 0.710. The lowest BCUT2D eigenvalue weighted by Crippen LogP contribution is -2.63. The Morgan fingerprint density at radius 1 is 1.27 bits per heavy atom. The molecule has 0 saturated carbocycles. The summed E-state index contributed by atoms with van der Waals surface area (Å²) in [6, 6.07) is 0. The van der Waals surface area contributed by atoms with Gasteiger partial charge in [0.05, 0.1) is 0 Å². The maximum Gasteiger partial charge on any atom is 0.240 e. The molecule has 1 saturated heterocycles. The molecule has 0 spiro atoms. The standard InChI is InChI=1S/C11H22N2O2/c1-10(2,3)13-11(9(14)12-4)5-7-15-8-6-11/h13H,5-8H2,1-4H3,(H,12,14). The second-order valence-corrected chi connectivity index (χ2v) is 5.15. The van der Waals surface area contributed by atoms with E-state index in [1.807, 2.05) is 0 Å². The van der Waals surface area contributed by atoms with Gasteiger partial charge in [0.15, 0.2) is 0 Å². The second-order valence-electron chi connectivity index (χ2n) is 5.15. The number of ether oxygens (including phenoxy) is 1. The minimum atomic E-state index is -0.453. The lowest BCUT2D eigenvalue weighted by molar-refractivity contribution is -0.132. The molecule has 88 valence electrons. The van der Waals surface area contributed by atoms with E-state index in [1.54, 1.807) is 7.05 Å². The van der Waals surface area contributed by atoms with Gasteiger partial charge in [0, 0.05) is 25.8 Å². The van der Waals surface area contributed by atoms with Crippen LogP contribution in [0.4, 0.5) is 0 Å². The fourth-order valence-electron chi connectivity index (χ4n) is 2.09. The van der Waals surface area contributed by atoms with Crippen molar-refractivity contribution in [3.05, 3.63) is 0 Å². The lowest BCUT2D eigenvalue weighted by Gasteiger charge is -2.41. The van der Waals surface area contributed by atoms with Crippen molar-refractivity contribution in [1.82, 2.24) is 10.6 Å². The zero-order valence-electron chi connectivity index (χ0n) is 10.1. The Labute approximate surface area is 91.8 Å². The summed E-state index contributed by atoms with van der Waals surface area (Å²) in [5.74, 6) is 0.0701. The first kappa shape index (κ1) is 12.5. The molecule has 1 amide bonds. The van der Waals surface area contributed by atoms with Gasteiger partial charge in [-0.25, -0.2) is 0 Å². The monoisotopic (exact) mass is 214 g/mol. The molecule has 0 radical (unpaired) electrons. The molecule has 1 heterocycles. The zero-order chi connectivity index (χ0) is 11.5. The number of rotatable bonds is 2. The van der Waals surface area contributed by atoms with E-state index in [2.05, 4.69) is 31.4 Å². The first-order chi connectivity index (χ1) is 6.90. The SMILES string of the molecule is CNC(=O)C1(NC(C)(C)C)CCOCC1. The number of likely N-dealkylation sites (N-methyl/N-ethyl adjacent to an activating group) is 1. The van der Waals surface area contributed by atoms with Crippen molar-refractivity contribution < 1.29 is 9.53 Å². The van der Waals surface area contributed by atoms with E-state index in [4.69, 9.17) is 4.74 Å². The Balaban J connectivity index is 2.80. The molecular weight excluding hydrogens is 192 g/mol. The summed E-state index contributed by atoms with van der Waals surface area (Å²) in [5.41, 5.74) is -0.519. The molecule has 1 fully saturated rings. The van der Waals surface area contributed by atoms with E-state index in [0.29, 0.717) is 13.2 Å². The van der Waals surface area contributed by atoms with E-state index < -0.39 is 5.54 Å². The maximum atomic E-state index is 11.9. The summed E-state index contributed by atoms with van der Waals surface area (Å²) in [5, 5.41) is 6.17. The molecule has 2 N–H and O–H groups in total. The summed E-state index contributed by atoms with van der Waals surface area (Å²) >= 11 is 0. The van der Waals surface area contributed by atoms with E-state index in [-0.39, 0.29) is 11.4 Å². The van der Waals surface area contributed by atoms with Crippen molar-refractivity contribution in [3.63, 3.8) is 0 Å². The fraction of sp³-hybridized carbons (Fsp3) is 0.909. The van der Waals surface area contributed by atoms with Gasteiger partial charge < -0.3 is 10.1 Å². The summed E-state index contributed by atoms with van der Waals surface area (Å²) in [6.45, 7) is 7.53. The highest BCUT2D eigenvalue weighted by atomic mass is 16.5. The van der Waals surface area contributed by atoms with Crippen LogP contribution in [-0.4, -0.2) is 37.2 Å². The highest BCUT2D eigenvalue weighted by molar-refractivity contribution is 5.86. The number of nitrogens with one attached hydrogen (secondary N) is 2. The van der Waals surface area contributed by atoms with Crippen LogP contribution in [0.2, 0.25) is 0 Å². The minimum Gasteiger partial charge on any atom is -0.381 e. The molecule has 1 aliphatic heterocycles. The normalized spacial score (nSPS) is 21.1. The van der Waals surface area contributed by atoms with Gasteiger partial charge in [0.25, 0.3) is 0 Å². The van der Waals surface area contributed by atoms with E-state index in [1.165, 1.54) is 0 Å². The number of hydrogen-bond acceptors (Lipinski definition) is 3. The molecule has 0 aromatic heterocycles.